The van der Waals surface area contributed by atoms with E-state index in [1.807, 2.05) is 0 Å². The van der Waals surface area contributed by atoms with Crippen molar-refractivity contribution in [1.29, 1.82) is 0 Å². The first-order valence-electron chi connectivity index (χ1n) is 40.7. The second-order valence-electron chi connectivity index (χ2n) is 24.3. The van der Waals surface area contributed by atoms with Crippen LogP contribution in [0.2, 0.25) is 0 Å². The minimum atomic E-state index is -3.63. The van der Waals surface area contributed by atoms with Crippen molar-refractivity contribution in [1.82, 2.24) is 24.3 Å². The van der Waals surface area contributed by atoms with Crippen LogP contribution in [0.4, 0.5) is 0 Å². The topological polar surface area (TPSA) is 112 Å². The lowest BCUT2D eigenvalue weighted by molar-refractivity contribution is -0.121. The van der Waals surface area contributed by atoms with Crippen LogP contribution >= 0.6 is 0 Å². The van der Waals surface area contributed by atoms with Crippen molar-refractivity contribution in [2.45, 2.75) is 89.5 Å². The van der Waals surface area contributed by atoms with E-state index in [1.165, 1.54) is 43.0 Å². The number of carbonyl (C=O) groups is 2. The first kappa shape index (κ1) is 112. The summed E-state index contributed by atoms with van der Waals surface area (Å²) in [5, 5.41) is 3.47. The summed E-state index contributed by atoms with van der Waals surface area (Å²) in [6.07, 6.45) is 10.2. The van der Waals surface area contributed by atoms with E-state index >= 15 is 0 Å². The molecule has 5 fully saturated rings. The molecule has 5 saturated heterocycles. The highest BCUT2D eigenvalue weighted by Crippen LogP contribution is 2.38. The van der Waals surface area contributed by atoms with Gasteiger partial charge in [0, 0.05) is 546 Å². The second kappa shape index (κ2) is 81.1. The standard InChI is InChI=1S/C95H4.C17H24N2O4S.C9H18N2O.C7H13NO/c1-3-5-7-9-11-13-15-17-19-21-23-25-27-29-31-33-35-37-39-41-43-45-47-49-51-53-55-57-59-61-63-65-67-69-71-73-75-77-79-81-83-85-87-89-91-93-95-94-92-90-88-86-84-82-80-78-76-74-72-70-68-66-64-62-60-58-56-54-52-50-48-46-44-42-40-38-36-34-32-30-28-26-24-22-20-18-16-14-12-10-8-6-4-2;1-3-18-10-8-17(9-11-18)19(12-13-23-17)24(21,22)16-6-4-15(5-7-16)14(2)20;1-2-11-6-3-9(4-7-11)10-5-8-12-9;1-2-8-5-3-7(9)4-6-8/h1H,2H3;4-7H,3,8-13H2,1-2H3;10H,2-8H2,1H3;2-6H2,1H3. The number of carbonyl (C=O) groups excluding carboxylic acids is 2. The fourth-order valence-corrected chi connectivity index (χ4v) is 11.4. The molecule has 12 heteroatoms. The molecule has 11 nitrogen and oxygen atoms in total. The molecule has 0 amide bonds. The molecule has 140 heavy (non-hydrogen) atoms. The predicted octanol–water partition coefficient (Wildman–Crippen LogP) is 3.61. The van der Waals surface area contributed by atoms with Gasteiger partial charge in [-0.15, -0.1) is 6.42 Å². The minimum absolute atomic E-state index is 0.0612. The molecule has 6 rings (SSSR count). The van der Waals surface area contributed by atoms with Crippen molar-refractivity contribution in [2.75, 3.05) is 85.2 Å². The number of ketones is 2. The van der Waals surface area contributed by atoms with Crippen molar-refractivity contribution in [2.24, 2.45) is 0 Å². The van der Waals surface area contributed by atoms with Crippen molar-refractivity contribution in [3.63, 3.8) is 0 Å². The lowest BCUT2D eigenvalue weighted by Crippen LogP contribution is -2.54. The average molecular weight is 1790 g/mol. The zero-order chi connectivity index (χ0) is 100. The Labute approximate surface area is 829 Å². The summed E-state index contributed by atoms with van der Waals surface area (Å²) in [5.74, 6) is 232. The molecule has 1 aromatic carbocycles. The van der Waals surface area contributed by atoms with Gasteiger partial charge in [0.05, 0.1) is 18.1 Å². The largest absolute Gasteiger partial charge is 0.359 e. The highest BCUT2D eigenvalue weighted by molar-refractivity contribution is 7.89. The molecule has 1 aromatic rings. The van der Waals surface area contributed by atoms with Crippen LogP contribution in [0.1, 0.15) is 83.5 Å². The Morgan fingerprint density at radius 3 is 0.700 bits per heavy atom. The van der Waals surface area contributed by atoms with Crippen LogP contribution in [-0.4, -0.2) is 136 Å². The third-order valence-corrected chi connectivity index (χ3v) is 17.7. The summed E-state index contributed by atoms with van der Waals surface area (Å²) in [6, 6.07) is 6.16. The van der Waals surface area contributed by atoms with Gasteiger partial charge in [0.25, 0.3) is 0 Å². The van der Waals surface area contributed by atoms with Crippen LogP contribution in [0, 0.1) is 557 Å². The van der Waals surface area contributed by atoms with Crippen LogP contribution in [0.5, 0.6) is 0 Å². The van der Waals surface area contributed by atoms with Crippen LogP contribution in [0.25, 0.3) is 0 Å². The molecule has 0 aliphatic carbocycles. The second-order valence-corrected chi connectivity index (χ2v) is 26.2. The maximum atomic E-state index is 13.1. The molecule has 5 aliphatic rings. The number of likely N-dealkylation sites (tertiary alicyclic amines) is 3. The van der Waals surface area contributed by atoms with Gasteiger partial charge in [-0.05, 0) is 140 Å². The number of rotatable bonds is 6. The van der Waals surface area contributed by atoms with Gasteiger partial charge < -0.3 is 24.2 Å². The van der Waals surface area contributed by atoms with Crippen molar-refractivity contribution < 1.29 is 27.5 Å². The highest BCUT2D eigenvalue weighted by Gasteiger charge is 2.50. The molecular weight excluding hydrogens is 1740 g/mol. The summed E-state index contributed by atoms with van der Waals surface area (Å²) in [6.45, 7) is 21.6. The molecule has 0 aromatic heterocycles. The number of hydrogen-bond donors (Lipinski definition) is 1. The van der Waals surface area contributed by atoms with E-state index in [0.717, 1.165) is 78.1 Å². The summed E-state index contributed by atoms with van der Waals surface area (Å²) in [7, 11) is -3.63. The fourth-order valence-electron chi connectivity index (χ4n) is 9.66. The maximum Gasteiger partial charge on any atom is 0.245 e. The van der Waals surface area contributed by atoms with Crippen molar-refractivity contribution in [3.05, 3.63) is 29.8 Å². The van der Waals surface area contributed by atoms with Gasteiger partial charge in [0.1, 0.15) is 17.2 Å². The Morgan fingerprint density at radius 2 is 0.507 bits per heavy atom. The fraction of sp³-hybridized carbons (Fsp3) is 0.203. The zero-order valence-electron chi connectivity index (χ0n) is 76.0. The lowest BCUT2D eigenvalue weighted by atomic mass is 10.0. The molecule has 0 atom stereocenters. The van der Waals surface area contributed by atoms with E-state index < -0.39 is 15.7 Å². The SMILES string of the molecule is C#CC#CC#CC#CC#CC#CC#CC#CC#CC#CC#CC#CC#CC#CC#CC#CC#CC#CC#CC#CC#CC#CC#CC#CC#CC#CC#CC#CC#CC#CC#CC#CC#CC#CC#CC#CC#CC#CC#CC#CC#CC#CC#CC#CC#CC#CC#CC.CCN1CCC(=O)CC1.CCN1CCC2(CC1)NCCO2.CCN1CCC2(CC1)OCCN2S(=O)(=O)c1ccc(C(C)=O)cc1. The van der Waals surface area contributed by atoms with Crippen LogP contribution in [0.3, 0.4) is 0 Å². The minimum Gasteiger partial charge on any atom is -0.359 e. The van der Waals surface area contributed by atoms with Gasteiger partial charge in [0.15, 0.2) is 5.78 Å². The highest BCUT2D eigenvalue weighted by atomic mass is 32.2. The van der Waals surface area contributed by atoms with E-state index in [4.69, 9.17) is 15.9 Å². The van der Waals surface area contributed by atoms with Gasteiger partial charge in [-0.3, -0.25) is 14.9 Å². The van der Waals surface area contributed by atoms with Gasteiger partial charge in [-0.2, -0.15) is 4.31 Å². The van der Waals surface area contributed by atoms with Crippen molar-refractivity contribution in [3.8, 4) is 557 Å². The summed E-state index contributed by atoms with van der Waals surface area (Å²) in [5.41, 5.74) is -0.146. The molecular formula is C128H59N5O6S. The zero-order valence-corrected chi connectivity index (χ0v) is 76.8. The number of terminal acetylenes is 1. The van der Waals surface area contributed by atoms with E-state index in [2.05, 4.69) is 591 Å². The van der Waals surface area contributed by atoms with Gasteiger partial charge in [-0.1, -0.05) is 38.8 Å². The molecule has 0 unspecified atom stereocenters. The number of hydrogen-bond acceptors (Lipinski definition) is 10. The smallest absolute Gasteiger partial charge is 0.245 e. The number of piperidine rings is 3. The monoisotopic (exact) mass is 1790 g/mol. The summed E-state index contributed by atoms with van der Waals surface area (Å²) >= 11 is 0. The molecule has 5 heterocycles. The quantitative estimate of drug-likeness (QED) is 0.336. The molecule has 0 saturated carbocycles. The third-order valence-electron chi connectivity index (χ3n) is 15.8. The van der Waals surface area contributed by atoms with Crippen molar-refractivity contribution >= 4 is 21.6 Å². The van der Waals surface area contributed by atoms with Gasteiger partial charge >= 0.3 is 0 Å². The van der Waals surface area contributed by atoms with Gasteiger partial charge in [-0.25, -0.2) is 8.42 Å². The van der Waals surface area contributed by atoms with Crippen LogP contribution < -0.4 is 5.32 Å². The molecule has 638 valence electrons. The Kier molecular flexibility index (Phi) is 64.7. The normalized spacial score (nSPS) is 10.5. The predicted molar refractivity (Wildman–Crippen MR) is 547 cm³/mol. The average Bonchev–Trinajstić information content (AvgIpc) is 1.57. The number of Topliss-reactive ketones (excluding diaryl/α,β-unsaturated/α-hetero) is 2. The Bertz CT molecular complexity index is 8580. The molecule has 1 N–H and O–H groups in total. The Hall–Kier alpha value is -22.4. The van der Waals surface area contributed by atoms with Crippen LogP contribution in [0.15, 0.2) is 29.2 Å². The number of benzene rings is 1. The van der Waals surface area contributed by atoms with Gasteiger partial charge in [0.2, 0.25) is 10.0 Å². The number of ether oxygens (including phenoxy) is 2. The number of sulfonamides is 1. The van der Waals surface area contributed by atoms with E-state index in [1.54, 1.807) is 19.1 Å². The third kappa shape index (κ3) is 61.1. The van der Waals surface area contributed by atoms with E-state index in [9.17, 15) is 18.0 Å². The first-order valence-corrected chi connectivity index (χ1v) is 42.1. The van der Waals surface area contributed by atoms with Crippen LogP contribution in [-0.2, 0) is 24.3 Å². The summed E-state index contributed by atoms with van der Waals surface area (Å²) < 4.78 is 39.4. The summed E-state index contributed by atoms with van der Waals surface area (Å²) in [4.78, 5) is 29.4. The Balaban J connectivity index is 0.000000882. The number of nitrogens with one attached hydrogen (secondary N) is 1. The molecule has 2 spiro atoms. The molecule has 5 aliphatic heterocycles. The van der Waals surface area contributed by atoms with E-state index in [-0.39, 0.29) is 16.4 Å². The molecule has 0 bridgehead atoms. The number of nitrogens with zero attached hydrogens (tertiary/aromatic N) is 4. The lowest BCUT2D eigenvalue weighted by Gasteiger charge is -2.42. The Morgan fingerprint density at radius 1 is 0.300 bits per heavy atom. The maximum absolute atomic E-state index is 13.1. The van der Waals surface area contributed by atoms with E-state index in [0.29, 0.717) is 37.3 Å². The molecule has 0 radical (unpaired) electrons. The first-order chi connectivity index (χ1) is 69.0.